The average Bonchev–Trinajstić information content (AvgIpc) is 3.03. The van der Waals surface area contributed by atoms with Crippen molar-refractivity contribution in [3.8, 4) is 11.5 Å². The SMILES string of the molecule is COc1ccc(CN(C)CCCSc2ccccc2C2(CC(N)=O)CC=Cc3c2[nH]c2c(SC)cccc2c3=O)cc1OC. The smallest absolute Gasteiger partial charge is 0.218 e. The number of aromatic amines is 1. The molecule has 0 saturated heterocycles. The van der Waals surface area contributed by atoms with Gasteiger partial charge in [-0.05, 0) is 79.9 Å². The van der Waals surface area contributed by atoms with E-state index in [1.165, 1.54) is 0 Å². The van der Waals surface area contributed by atoms with Crippen LogP contribution < -0.4 is 20.6 Å². The Hall–Kier alpha value is -3.66. The van der Waals surface area contributed by atoms with E-state index in [0.29, 0.717) is 17.4 Å². The first-order chi connectivity index (χ1) is 21.3. The van der Waals surface area contributed by atoms with E-state index in [-0.39, 0.29) is 11.8 Å². The summed E-state index contributed by atoms with van der Waals surface area (Å²) >= 11 is 3.37. The molecule has 7 nitrogen and oxygen atoms in total. The average molecular weight is 630 g/mol. The van der Waals surface area contributed by atoms with Crippen LogP contribution >= 0.6 is 23.5 Å². The Kier molecular flexibility index (Phi) is 10.1. The van der Waals surface area contributed by atoms with Crippen LogP contribution in [0, 0.1) is 0 Å². The number of H-pyrrole nitrogens is 1. The summed E-state index contributed by atoms with van der Waals surface area (Å²) < 4.78 is 10.8. The van der Waals surface area contributed by atoms with E-state index in [4.69, 9.17) is 15.2 Å². The highest BCUT2D eigenvalue weighted by molar-refractivity contribution is 7.99. The molecule has 4 aromatic rings. The standard InChI is InChI=1S/C35H39N3O4S2/c1-38(22-23-15-16-27(41-2)28(20-23)42-3)18-9-19-44-29-13-6-5-12-26(29)35(21-31(36)39)17-8-11-25-33(40)24-10-7-14-30(43-4)32(24)37-34(25)35/h5-8,10-16,20H,9,17-19,21-22H2,1-4H3,(H2,36,39)(H,37,40). The lowest BCUT2D eigenvalue weighted by atomic mass is 9.68. The van der Waals surface area contributed by atoms with E-state index < -0.39 is 11.3 Å². The summed E-state index contributed by atoms with van der Waals surface area (Å²) in [5, 5.41) is 0.648. The molecule has 3 aromatic carbocycles. The molecule has 0 bridgehead atoms. The molecule has 1 aliphatic rings. The van der Waals surface area contributed by atoms with Crippen molar-refractivity contribution in [3.05, 3.63) is 99.3 Å². The van der Waals surface area contributed by atoms with Gasteiger partial charge in [-0.25, -0.2) is 0 Å². The van der Waals surface area contributed by atoms with Crippen molar-refractivity contribution in [2.75, 3.05) is 39.8 Å². The molecule has 0 fully saturated rings. The van der Waals surface area contributed by atoms with Crippen molar-refractivity contribution in [2.24, 2.45) is 5.73 Å². The normalized spacial score (nSPS) is 15.8. The van der Waals surface area contributed by atoms with Gasteiger partial charge in [0.1, 0.15) is 0 Å². The van der Waals surface area contributed by atoms with Gasteiger partial charge in [0.25, 0.3) is 0 Å². The van der Waals surface area contributed by atoms with Crippen molar-refractivity contribution in [2.45, 2.75) is 41.0 Å². The number of thioether (sulfide) groups is 2. The highest BCUT2D eigenvalue weighted by Gasteiger charge is 2.41. The second kappa shape index (κ2) is 14.0. The topological polar surface area (TPSA) is 97.6 Å². The van der Waals surface area contributed by atoms with Crippen molar-refractivity contribution >= 4 is 46.4 Å². The van der Waals surface area contributed by atoms with E-state index in [9.17, 15) is 9.59 Å². The molecular formula is C35H39N3O4S2. The van der Waals surface area contributed by atoms with Gasteiger partial charge in [0, 0.05) is 44.8 Å². The Labute approximate surface area is 267 Å². The summed E-state index contributed by atoms with van der Waals surface area (Å²) in [5.41, 5.74) is 9.46. The van der Waals surface area contributed by atoms with Crippen LogP contribution in [0.3, 0.4) is 0 Å². The fourth-order valence-electron chi connectivity index (χ4n) is 6.16. The zero-order chi connectivity index (χ0) is 31.3. The molecule has 9 heteroatoms. The third kappa shape index (κ3) is 6.41. The molecule has 0 saturated carbocycles. The first-order valence-corrected chi connectivity index (χ1v) is 16.8. The molecule has 1 amide bonds. The number of rotatable bonds is 13. The number of primary amides is 1. The number of nitrogens with zero attached hydrogens (tertiary/aromatic N) is 1. The summed E-state index contributed by atoms with van der Waals surface area (Å²) in [4.78, 5) is 34.5. The lowest BCUT2D eigenvalue weighted by molar-refractivity contribution is -0.119. The fourth-order valence-corrected chi connectivity index (χ4v) is 7.83. The van der Waals surface area contributed by atoms with Gasteiger partial charge in [0.2, 0.25) is 5.91 Å². The number of carbonyl (C=O) groups is 1. The van der Waals surface area contributed by atoms with E-state index in [1.807, 2.05) is 60.9 Å². The van der Waals surface area contributed by atoms with Crippen molar-refractivity contribution in [1.82, 2.24) is 9.88 Å². The monoisotopic (exact) mass is 629 g/mol. The number of amides is 1. The first kappa shape index (κ1) is 31.8. The van der Waals surface area contributed by atoms with Gasteiger partial charge in [-0.15, -0.1) is 23.5 Å². The highest BCUT2D eigenvalue weighted by atomic mass is 32.2. The predicted octanol–water partition coefficient (Wildman–Crippen LogP) is 6.46. The lowest BCUT2D eigenvalue weighted by Crippen LogP contribution is -2.38. The number of para-hydroxylation sites is 1. The van der Waals surface area contributed by atoms with E-state index >= 15 is 0 Å². The molecule has 0 radical (unpaired) electrons. The first-order valence-electron chi connectivity index (χ1n) is 14.6. The molecule has 230 valence electrons. The van der Waals surface area contributed by atoms with Crippen molar-refractivity contribution < 1.29 is 14.3 Å². The number of fused-ring (bicyclic) bond motifs is 2. The molecule has 0 spiro atoms. The minimum absolute atomic E-state index is 0.0305. The van der Waals surface area contributed by atoms with Gasteiger partial charge in [0.05, 0.1) is 19.7 Å². The lowest BCUT2D eigenvalue weighted by Gasteiger charge is -2.37. The molecule has 3 N–H and O–H groups in total. The van der Waals surface area contributed by atoms with Crippen LogP contribution in [-0.2, 0) is 16.8 Å². The number of aromatic nitrogens is 1. The number of hydrogen-bond acceptors (Lipinski definition) is 7. The largest absolute Gasteiger partial charge is 0.493 e. The number of allylic oxidation sites excluding steroid dienone is 1. The maximum atomic E-state index is 13.8. The molecule has 1 unspecified atom stereocenters. The summed E-state index contributed by atoms with van der Waals surface area (Å²) in [5.74, 6) is 1.95. The van der Waals surface area contributed by atoms with Gasteiger partial charge in [-0.1, -0.05) is 42.5 Å². The molecular weight excluding hydrogens is 591 g/mol. The van der Waals surface area contributed by atoms with E-state index in [2.05, 4.69) is 35.1 Å². The summed E-state index contributed by atoms with van der Waals surface area (Å²) in [6.45, 7) is 1.71. The molecule has 1 aromatic heterocycles. The molecule has 1 aliphatic carbocycles. The van der Waals surface area contributed by atoms with Crippen LogP contribution in [0.4, 0.5) is 0 Å². The van der Waals surface area contributed by atoms with E-state index in [1.54, 1.807) is 37.7 Å². The third-order valence-corrected chi connectivity index (χ3v) is 10.1. The second-order valence-electron chi connectivity index (χ2n) is 11.1. The zero-order valence-electron chi connectivity index (χ0n) is 25.6. The third-order valence-electron chi connectivity index (χ3n) is 8.20. The molecule has 1 atom stereocenters. The van der Waals surface area contributed by atoms with Crippen LogP contribution in [0.1, 0.15) is 41.6 Å². The minimum atomic E-state index is -0.775. The maximum absolute atomic E-state index is 13.8. The Morgan fingerprint density at radius 3 is 2.57 bits per heavy atom. The number of benzene rings is 3. The summed E-state index contributed by atoms with van der Waals surface area (Å²) in [6.07, 6.45) is 7.54. The van der Waals surface area contributed by atoms with Crippen LogP contribution in [0.2, 0.25) is 0 Å². The van der Waals surface area contributed by atoms with Crippen molar-refractivity contribution in [3.63, 3.8) is 0 Å². The minimum Gasteiger partial charge on any atom is -0.493 e. The fraction of sp³-hybridized carbons (Fsp3) is 0.314. The Morgan fingerprint density at radius 1 is 1.05 bits per heavy atom. The summed E-state index contributed by atoms with van der Waals surface area (Å²) in [7, 11) is 5.41. The van der Waals surface area contributed by atoms with Gasteiger partial charge in [-0.3, -0.25) is 9.59 Å². The van der Waals surface area contributed by atoms with Gasteiger partial charge < -0.3 is 25.1 Å². The predicted molar refractivity (Wildman–Crippen MR) is 182 cm³/mol. The number of methoxy groups -OCH3 is 2. The van der Waals surface area contributed by atoms with E-state index in [0.717, 1.165) is 68.9 Å². The van der Waals surface area contributed by atoms with Crippen molar-refractivity contribution in [1.29, 1.82) is 0 Å². The number of pyridine rings is 1. The molecule has 1 heterocycles. The second-order valence-corrected chi connectivity index (χ2v) is 13.1. The van der Waals surface area contributed by atoms with Gasteiger partial charge in [-0.2, -0.15) is 0 Å². The highest BCUT2D eigenvalue weighted by Crippen LogP contribution is 2.46. The zero-order valence-corrected chi connectivity index (χ0v) is 27.3. The maximum Gasteiger partial charge on any atom is 0.218 e. The number of carbonyl (C=O) groups excluding carboxylic acids is 1. The Morgan fingerprint density at radius 2 is 1.82 bits per heavy atom. The Balaban J connectivity index is 1.40. The van der Waals surface area contributed by atoms with Gasteiger partial charge >= 0.3 is 0 Å². The number of nitrogens with two attached hydrogens (primary N) is 1. The van der Waals surface area contributed by atoms with Crippen LogP contribution in [-0.4, -0.2) is 55.6 Å². The van der Waals surface area contributed by atoms with Crippen LogP contribution in [0.5, 0.6) is 11.5 Å². The molecule has 5 rings (SSSR count). The molecule has 0 aliphatic heterocycles. The van der Waals surface area contributed by atoms with Crippen LogP contribution in [0.25, 0.3) is 17.0 Å². The number of ether oxygens (including phenoxy) is 2. The molecule has 44 heavy (non-hydrogen) atoms. The number of hydrogen-bond donors (Lipinski definition) is 2. The summed E-state index contributed by atoms with van der Waals surface area (Å²) in [6, 6.07) is 20.0. The van der Waals surface area contributed by atoms with Crippen LogP contribution in [0.15, 0.2) is 81.3 Å². The quantitative estimate of drug-likeness (QED) is 0.129. The number of nitrogens with one attached hydrogen (secondary N) is 1. The van der Waals surface area contributed by atoms with Gasteiger partial charge in [0.15, 0.2) is 16.9 Å². The Bertz CT molecular complexity index is 1750.